The lowest BCUT2D eigenvalue weighted by molar-refractivity contribution is 0.204. The van der Waals surface area contributed by atoms with Gasteiger partial charge in [0.1, 0.15) is 0 Å². The predicted molar refractivity (Wildman–Crippen MR) is 155 cm³/mol. The molecule has 1 aromatic carbocycles. The second kappa shape index (κ2) is 10.7. The van der Waals surface area contributed by atoms with Gasteiger partial charge in [-0.3, -0.25) is 0 Å². The predicted octanol–water partition coefficient (Wildman–Crippen LogP) is 8.64. The Kier molecular flexibility index (Phi) is 6.98. The highest BCUT2D eigenvalue weighted by Gasteiger charge is 2.26. The van der Waals surface area contributed by atoms with Crippen LogP contribution < -0.4 is 0 Å². The first-order chi connectivity index (χ1) is 18.1. The molecule has 188 valence electrons. The van der Waals surface area contributed by atoms with Crippen molar-refractivity contribution in [3.63, 3.8) is 0 Å². The van der Waals surface area contributed by atoms with Gasteiger partial charge in [-0.1, -0.05) is 115 Å². The van der Waals surface area contributed by atoms with Crippen LogP contribution in [-0.2, 0) is 0 Å². The van der Waals surface area contributed by atoms with Gasteiger partial charge in [0.2, 0.25) is 0 Å². The molecule has 5 aliphatic carbocycles. The molecule has 0 aromatic heterocycles. The Balaban J connectivity index is 1.02. The molecule has 0 spiro atoms. The van der Waals surface area contributed by atoms with Crippen LogP contribution in [0.15, 0.2) is 137 Å². The van der Waals surface area contributed by atoms with Crippen molar-refractivity contribution in [3.05, 3.63) is 143 Å². The van der Waals surface area contributed by atoms with E-state index in [4.69, 9.17) is 0 Å². The minimum absolute atomic E-state index is 0.262. The number of aliphatic hydroxyl groups excluding tert-OH is 1. The molecule has 3 atom stereocenters. The molecule has 0 bridgehead atoms. The van der Waals surface area contributed by atoms with Gasteiger partial charge in [-0.15, -0.1) is 0 Å². The molecular formula is C36H38O. The maximum atomic E-state index is 10.9. The van der Waals surface area contributed by atoms with Gasteiger partial charge in [0.05, 0.1) is 6.10 Å². The van der Waals surface area contributed by atoms with Crippen molar-refractivity contribution in [2.24, 2.45) is 17.8 Å². The third-order valence-electron chi connectivity index (χ3n) is 8.89. The van der Waals surface area contributed by atoms with E-state index in [1.807, 2.05) is 0 Å². The van der Waals surface area contributed by atoms with E-state index >= 15 is 0 Å². The fourth-order valence-electron chi connectivity index (χ4n) is 6.76. The van der Waals surface area contributed by atoms with Crippen LogP contribution in [0.2, 0.25) is 0 Å². The molecule has 1 heteroatoms. The topological polar surface area (TPSA) is 20.2 Å². The summed E-state index contributed by atoms with van der Waals surface area (Å²) in [5.74, 6) is 2.22. The van der Waals surface area contributed by atoms with Crippen LogP contribution in [0.1, 0.15) is 56.4 Å². The summed E-state index contributed by atoms with van der Waals surface area (Å²) in [7, 11) is 0. The first-order valence-electron chi connectivity index (χ1n) is 14.1. The number of fused-ring (bicyclic) bond motifs is 2. The monoisotopic (exact) mass is 486 g/mol. The van der Waals surface area contributed by atoms with E-state index in [-0.39, 0.29) is 5.92 Å². The van der Waals surface area contributed by atoms with Crippen LogP contribution in [0.3, 0.4) is 0 Å². The summed E-state index contributed by atoms with van der Waals surface area (Å²) in [5, 5.41) is 10.9. The van der Waals surface area contributed by atoms with E-state index in [0.717, 1.165) is 35.8 Å². The molecule has 1 aromatic rings. The minimum atomic E-state index is -0.459. The van der Waals surface area contributed by atoms with Crippen LogP contribution in [0.5, 0.6) is 0 Å². The van der Waals surface area contributed by atoms with Gasteiger partial charge in [0.25, 0.3) is 0 Å². The van der Waals surface area contributed by atoms with Crippen LogP contribution in [-0.4, -0.2) is 11.2 Å². The van der Waals surface area contributed by atoms with Crippen LogP contribution >= 0.6 is 0 Å². The SMILES string of the molecule is C=C1C=C(C(O)CCC2=CC3C=C(CC4CCC(c5ccccc5)CC4)C=CC3=C2)C=C2C=CC=CC12. The van der Waals surface area contributed by atoms with Gasteiger partial charge in [-0.25, -0.2) is 0 Å². The molecule has 3 unspecified atom stereocenters. The number of rotatable bonds is 7. The van der Waals surface area contributed by atoms with Crippen LogP contribution in [0.25, 0.3) is 0 Å². The normalized spacial score (nSPS) is 29.0. The van der Waals surface area contributed by atoms with Gasteiger partial charge in [-0.05, 0) is 84.6 Å². The molecular weight excluding hydrogens is 448 g/mol. The van der Waals surface area contributed by atoms with Crippen molar-refractivity contribution in [1.82, 2.24) is 0 Å². The summed E-state index contributed by atoms with van der Waals surface area (Å²) in [4.78, 5) is 0. The van der Waals surface area contributed by atoms with Gasteiger partial charge < -0.3 is 5.11 Å². The third kappa shape index (κ3) is 5.43. The Labute approximate surface area is 222 Å². The Hall–Kier alpha value is -3.16. The fraction of sp³-hybridized carbons (Fsp3) is 0.333. The standard InChI is InChI=1S/C36H38O/c1-25-19-34(24-32-9-5-6-10-35(25)32)36(37)18-14-28-21-31-17-13-27(22-33(31)23-28)20-26-11-15-30(16-12-26)29-7-3-2-4-8-29/h2-10,13,17,19,21-24,26,30,33,35-37H,1,11-12,14-16,18,20H2. The van der Waals surface area contributed by atoms with E-state index in [9.17, 15) is 5.11 Å². The van der Waals surface area contributed by atoms with Crippen molar-refractivity contribution < 1.29 is 5.11 Å². The number of hydrogen-bond acceptors (Lipinski definition) is 1. The van der Waals surface area contributed by atoms with E-state index in [1.165, 1.54) is 60.0 Å². The van der Waals surface area contributed by atoms with Crippen molar-refractivity contribution in [2.45, 2.75) is 57.0 Å². The van der Waals surface area contributed by atoms with E-state index in [2.05, 4.69) is 104 Å². The highest BCUT2D eigenvalue weighted by atomic mass is 16.3. The third-order valence-corrected chi connectivity index (χ3v) is 8.89. The Bertz CT molecular complexity index is 1280. The summed E-state index contributed by atoms with van der Waals surface area (Å²) < 4.78 is 0. The number of allylic oxidation sites excluding steroid dienone is 15. The molecule has 0 heterocycles. The zero-order chi connectivity index (χ0) is 25.2. The lowest BCUT2D eigenvalue weighted by atomic mass is 9.76. The van der Waals surface area contributed by atoms with Crippen LogP contribution in [0.4, 0.5) is 0 Å². The van der Waals surface area contributed by atoms with Gasteiger partial charge in [0.15, 0.2) is 0 Å². The van der Waals surface area contributed by atoms with Gasteiger partial charge in [0, 0.05) is 11.8 Å². The molecule has 1 fully saturated rings. The molecule has 0 amide bonds. The Morgan fingerprint density at radius 2 is 1.65 bits per heavy atom. The lowest BCUT2D eigenvalue weighted by Gasteiger charge is -2.29. The first-order valence-corrected chi connectivity index (χ1v) is 14.1. The van der Waals surface area contributed by atoms with E-state index < -0.39 is 6.10 Å². The highest BCUT2D eigenvalue weighted by Crippen LogP contribution is 2.41. The Morgan fingerprint density at radius 1 is 0.838 bits per heavy atom. The second-order valence-corrected chi connectivity index (χ2v) is 11.5. The molecule has 0 aliphatic heterocycles. The molecule has 5 aliphatic rings. The Morgan fingerprint density at radius 3 is 2.49 bits per heavy atom. The average molecular weight is 487 g/mol. The van der Waals surface area contributed by atoms with E-state index in [0.29, 0.717) is 5.92 Å². The first kappa shape index (κ1) is 24.2. The van der Waals surface area contributed by atoms with Gasteiger partial charge in [-0.2, -0.15) is 0 Å². The maximum absolute atomic E-state index is 10.9. The zero-order valence-electron chi connectivity index (χ0n) is 21.7. The molecule has 0 radical (unpaired) electrons. The maximum Gasteiger partial charge on any atom is 0.0793 e. The molecule has 1 nitrogen and oxygen atoms in total. The minimum Gasteiger partial charge on any atom is -0.388 e. The molecule has 1 saturated carbocycles. The van der Waals surface area contributed by atoms with E-state index in [1.54, 1.807) is 0 Å². The van der Waals surface area contributed by atoms with Crippen LogP contribution in [0, 0.1) is 17.8 Å². The molecule has 0 saturated heterocycles. The molecule has 6 rings (SSSR count). The lowest BCUT2D eigenvalue weighted by Crippen LogP contribution is -2.16. The summed E-state index contributed by atoms with van der Waals surface area (Å²) in [6.45, 7) is 4.24. The summed E-state index contributed by atoms with van der Waals surface area (Å²) >= 11 is 0. The number of hydrogen-bond donors (Lipinski definition) is 1. The van der Waals surface area contributed by atoms with Crippen molar-refractivity contribution in [2.75, 3.05) is 0 Å². The summed E-state index contributed by atoms with van der Waals surface area (Å²) in [5.41, 5.74) is 9.06. The summed E-state index contributed by atoms with van der Waals surface area (Å²) in [6, 6.07) is 11.1. The fourth-order valence-corrected chi connectivity index (χ4v) is 6.76. The molecule has 1 N–H and O–H groups in total. The summed E-state index contributed by atoms with van der Waals surface area (Å²) in [6.07, 6.45) is 32.3. The highest BCUT2D eigenvalue weighted by molar-refractivity contribution is 5.53. The number of aliphatic hydroxyl groups is 1. The van der Waals surface area contributed by atoms with Crippen molar-refractivity contribution in [3.8, 4) is 0 Å². The second-order valence-electron chi connectivity index (χ2n) is 11.5. The molecule has 37 heavy (non-hydrogen) atoms. The average Bonchev–Trinajstić information content (AvgIpc) is 3.35. The smallest absolute Gasteiger partial charge is 0.0793 e. The largest absolute Gasteiger partial charge is 0.388 e. The quantitative estimate of drug-likeness (QED) is 0.409. The number of benzene rings is 1. The van der Waals surface area contributed by atoms with Gasteiger partial charge >= 0.3 is 0 Å². The van der Waals surface area contributed by atoms with Crippen molar-refractivity contribution in [1.29, 1.82) is 0 Å². The zero-order valence-corrected chi connectivity index (χ0v) is 21.7. The van der Waals surface area contributed by atoms with Crippen molar-refractivity contribution >= 4 is 0 Å².